The fourth-order valence-corrected chi connectivity index (χ4v) is 2.93. The van der Waals surface area contributed by atoms with Crippen molar-refractivity contribution in [3.05, 3.63) is 64.7 Å². The Morgan fingerprint density at radius 1 is 1.16 bits per heavy atom. The number of benzene rings is 2. The first-order valence-electron chi connectivity index (χ1n) is 7.61. The van der Waals surface area contributed by atoms with Gasteiger partial charge in [-0.05, 0) is 36.4 Å². The van der Waals surface area contributed by atoms with E-state index in [-0.39, 0.29) is 36.1 Å². The van der Waals surface area contributed by atoms with E-state index in [9.17, 15) is 14.0 Å². The van der Waals surface area contributed by atoms with Crippen LogP contribution in [0.3, 0.4) is 0 Å². The number of thioether (sulfide) groups is 1. The molecule has 1 amide bonds. The van der Waals surface area contributed by atoms with Gasteiger partial charge in [-0.15, -0.1) is 16.9 Å². The second-order valence-electron chi connectivity index (χ2n) is 5.23. The fraction of sp³-hybridized carbons (Fsp3) is 0.176. The molecule has 0 saturated heterocycles. The minimum atomic E-state index is -0.310. The molecule has 0 saturated carbocycles. The molecular weight excluding hydrogens is 343 g/mol. The second-order valence-corrected chi connectivity index (χ2v) is 6.28. The molecule has 0 spiro atoms. The lowest BCUT2D eigenvalue weighted by Crippen LogP contribution is -2.33. The molecule has 128 valence electrons. The number of nitrogens with one attached hydrogen (secondary N) is 1. The van der Waals surface area contributed by atoms with Crippen LogP contribution in [0.1, 0.15) is 0 Å². The van der Waals surface area contributed by atoms with Gasteiger partial charge in [0, 0.05) is 11.4 Å². The quantitative estimate of drug-likeness (QED) is 0.681. The highest BCUT2D eigenvalue weighted by molar-refractivity contribution is 8.00. The molecule has 3 rings (SSSR count). The molecular formula is C17H15FN4O2S. The number of rotatable bonds is 6. The maximum atomic E-state index is 12.8. The molecule has 25 heavy (non-hydrogen) atoms. The number of hydrogen-bond donors (Lipinski definition) is 1. The molecule has 0 unspecified atom stereocenters. The lowest BCUT2D eigenvalue weighted by atomic mass is 10.2. The second kappa shape index (κ2) is 7.89. The summed E-state index contributed by atoms with van der Waals surface area (Å²) in [5.74, 6) is -0.268. The van der Waals surface area contributed by atoms with Gasteiger partial charge in [0.15, 0.2) is 0 Å². The number of aromatic nitrogens is 3. The van der Waals surface area contributed by atoms with Crippen molar-refractivity contribution in [2.24, 2.45) is 0 Å². The van der Waals surface area contributed by atoms with E-state index in [2.05, 4.69) is 15.6 Å². The van der Waals surface area contributed by atoms with Crippen molar-refractivity contribution < 1.29 is 9.18 Å². The summed E-state index contributed by atoms with van der Waals surface area (Å²) in [6, 6.07) is 12.9. The Balaban J connectivity index is 1.51. The molecule has 6 nitrogen and oxygen atoms in total. The molecule has 0 aliphatic heterocycles. The van der Waals surface area contributed by atoms with Crippen molar-refractivity contribution in [2.45, 2.75) is 11.4 Å². The topological polar surface area (TPSA) is 76.9 Å². The maximum absolute atomic E-state index is 12.8. The molecule has 1 aromatic heterocycles. The van der Waals surface area contributed by atoms with Crippen LogP contribution in [-0.4, -0.2) is 33.2 Å². The number of carbonyl (C=O) groups excluding carboxylic acids is 1. The molecule has 0 atom stereocenters. The maximum Gasteiger partial charge on any atom is 0.277 e. The van der Waals surface area contributed by atoms with E-state index in [4.69, 9.17) is 0 Å². The van der Waals surface area contributed by atoms with Crippen LogP contribution in [0.5, 0.6) is 0 Å². The van der Waals surface area contributed by atoms with Crippen molar-refractivity contribution >= 4 is 28.6 Å². The molecule has 1 heterocycles. The molecule has 0 bridgehead atoms. The SMILES string of the molecule is O=C(CSc1ccc(F)cc1)NCCn1nnc2ccccc2c1=O. The van der Waals surface area contributed by atoms with E-state index >= 15 is 0 Å². The van der Waals surface area contributed by atoms with E-state index in [0.29, 0.717) is 10.9 Å². The van der Waals surface area contributed by atoms with Crippen molar-refractivity contribution in [1.29, 1.82) is 0 Å². The average Bonchev–Trinajstić information content (AvgIpc) is 2.63. The average molecular weight is 358 g/mol. The normalized spacial score (nSPS) is 10.8. The lowest BCUT2D eigenvalue weighted by molar-refractivity contribution is -0.118. The third-order valence-electron chi connectivity index (χ3n) is 3.46. The largest absolute Gasteiger partial charge is 0.354 e. The highest BCUT2D eigenvalue weighted by Crippen LogP contribution is 2.17. The summed E-state index contributed by atoms with van der Waals surface area (Å²) >= 11 is 1.31. The Bertz CT molecular complexity index is 943. The molecule has 0 aliphatic carbocycles. The van der Waals surface area contributed by atoms with E-state index in [1.807, 2.05) is 0 Å². The first-order valence-corrected chi connectivity index (χ1v) is 8.59. The minimum Gasteiger partial charge on any atom is -0.354 e. The highest BCUT2D eigenvalue weighted by atomic mass is 32.2. The molecule has 8 heteroatoms. The third-order valence-corrected chi connectivity index (χ3v) is 4.47. The molecule has 2 aromatic carbocycles. The van der Waals surface area contributed by atoms with Gasteiger partial charge in [0.05, 0.1) is 17.7 Å². The monoisotopic (exact) mass is 358 g/mol. The van der Waals surface area contributed by atoms with Crippen LogP contribution in [0.25, 0.3) is 10.9 Å². The van der Waals surface area contributed by atoms with Gasteiger partial charge in [0.2, 0.25) is 5.91 Å². The molecule has 1 N–H and O–H groups in total. The summed E-state index contributed by atoms with van der Waals surface area (Å²) in [6.45, 7) is 0.513. The summed E-state index contributed by atoms with van der Waals surface area (Å²) in [6.07, 6.45) is 0. The number of amides is 1. The molecule has 0 radical (unpaired) electrons. The Labute approximate surface area is 147 Å². The van der Waals surface area contributed by atoms with E-state index < -0.39 is 0 Å². The third kappa shape index (κ3) is 4.42. The Hall–Kier alpha value is -2.74. The van der Waals surface area contributed by atoms with Gasteiger partial charge >= 0.3 is 0 Å². The molecule has 0 fully saturated rings. The van der Waals surface area contributed by atoms with Crippen LogP contribution < -0.4 is 10.9 Å². The van der Waals surface area contributed by atoms with Crippen LogP contribution in [0.4, 0.5) is 4.39 Å². The standard InChI is InChI=1S/C17H15FN4O2S/c18-12-5-7-13(8-6-12)25-11-16(23)19-9-10-22-17(24)14-3-1-2-4-15(14)20-21-22/h1-8H,9-11H2,(H,19,23). The van der Waals surface area contributed by atoms with Gasteiger partial charge in [0.1, 0.15) is 11.3 Å². The predicted molar refractivity (Wildman–Crippen MR) is 93.9 cm³/mol. The zero-order valence-electron chi connectivity index (χ0n) is 13.2. The van der Waals surface area contributed by atoms with Crippen LogP contribution in [0.15, 0.2) is 58.2 Å². The highest BCUT2D eigenvalue weighted by Gasteiger charge is 2.06. The molecule has 3 aromatic rings. The Kier molecular flexibility index (Phi) is 5.39. The van der Waals surface area contributed by atoms with Crippen LogP contribution in [0.2, 0.25) is 0 Å². The summed E-state index contributed by atoms with van der Waals surface area (Å²) in [4.78, 5) is 24.9. The van der Waals surface area contributed by atoms with E-state index in [1.54, 1.807) is 36.4 Å². The van der Waals surface area contributed by atoms with Gasteiger partial charge in [-0.2, -0.15) is 0 Å². The van der Waals surface area contributed by atoms with Gasteiger partial charge in [-0.1, -0.05) is 17.3 Å². The van der Waals surface area contributed by atoms with Gasteiger partial charge in [-0.3, -0.25) is 9.59 Å². The van der Waals surface area contributed by atoms with Gasteiger partial charge in [0.25, 0.3) is 5.56 Å². The number of hydrogen-bond acceptors (Lipinski definition) is 5. The Morgan fingerprint density at radius 3 is 2.72 bits per heavy atom. The first-order chi connectivity index (χ1) is 12.1. The Morgan fingerprint density at radius 2 is 1.92 bits per heavy atom. The lowest BCUT2D eigenvalue weighted by Gasteiger charge is -2.07. The van der Waals surface area contributed by atoms with E-state index in [0.717, 1.165) is 4.90 Å². The number of fused-ring (bicyclic) bond motifs is 1. The summed E-state index contributed by atoms with van der Waals surface area (Å²) in [5, 5.41) is 11.1. The predicted octanol–water partition coefficient (Wildman–Crippen LogP) is 1.84. The fourth-order valence-electron chi connectivity index (χ4n) is 2.20. The van der Waals surface area contributed by atoms with Gasteiger partial charge in [-0.25, -0.2) is 9.07 Å². The van der Waals surface area contributed by atoms with Crippen molar-refractivity contribution in [1.82, 2.24) is 20.3 Å². The van der Waals surface area contributed by atoms with Crippen LogP contribution in [-0.2, 0) is 11.3 Å². The van der Waals surface area contributed by atoms with Crippen LogP contribution >= 0.6 is 11.8 Å². The van der Waals surface area contributed by atoms with Crippen LogP contribution in [0, 0.1) is 5.82 Å². The van der Waals surface area contributed by atoms with Crippen molar-refractivity contribution in [3.63, 3.8) is 0 Å². The first kappa shape index (κ1) is 17.1. The number of carbonyl (C=O) groups is 1. The summed E-state index contributed by atoms with van der Waals surface area (Å²) in [7, 11) is 0. The number of nitrogens with zero attached hydrogens (tertiary/aromatic N) is 3. The number of halogens is 1. The van der Waals surface area contributed by atoms with Gasteiger partial charge < -0.3 is 5.32 Å². The van der Waals surface area contributed by atoms with Crippen molar-refractivity contribution in [3.8, 4) is 0 Å². The smallest absolute Gasteiger partial charge is 0.277 e. The van der Waals surface area contributed by atoms with Crippen molar-refractivity contribution in [2.75, 3.05) is 12.3 Å². The zero-order valence-corrected chi connectivity index (χ0v) is 14.0. The summed E-state index contributed by atoms with van der Waals surface area (Å²) < 4.78 is 14.0. The zero-order chi connectivity index (χ0) is 17.6. The molecule has 0 aliphatic rings. The minimum absolute atomic E-state index is 0.170. The van der Waals surface area contributed by atoms with E-state index in [1.165, 1.54) is 28.6 Å². The summed E-state index contributed by atoms with van der Waals surface area (Å²) in [5.41, 5.74) is 0.309.